The number of nitrogens with zero attached hydrogens (tertiary/aromatic N) is 2. The number of amides is 1. The summed E-state index contributed by atoms with van der Waals surface area (Å²) in [6, 6.07) is 12.5. The largest absolute Gasteiger partial charge is 0.435 e. The van der Waals surface area contributed by atoms with Crippen molar-refractivity contribution in [3.05, 3.63) is 65.2 Å². The van der Waals surface area contributed by atoms with Gasteiger partial charge in [0.2, 0.25) is 0 Å². The first-order chi connectivity index (χ1) is 12.4. The Bertz CT molecular complexity index is 855. The van der Waals surface area contributed by atoms with Gasteiger partial charge in [-0.3, -0.25) is 9.69 Å². The fourth-order valence-corrected chi connectivity index (χ4v) is 2.96. The van der Waals surface area contributed by atoms with Crippen LogP contribution in [0.2, 0.25) is 0 Å². The van der Waals surface area contributed by atoms with E-state index >= 15 is 0 Å². The van der Waals surface area contributed by atoms with E-state index in [-0.39, 0.29) is 24.2 Å². The molecular weight excluding hydrogens is 344 g/mol. The molecule has 1 aliphatic heterocycles. The summed E-state index contributed by atoms with van der Waals surface area (Å²) >= 11 is 0. The van der Waals surface area contributed by atoms with Crippen LogP contribution in [0.4, 0.5) is 8.78 Å². The first kappa shape index (κ1) is 17.8. The lowest BCUT2D eigenvalue weighted by atomic mass is 9.82. The van der Waals surface area contributed by atoms with Crippen LogP contribution in [0.3, 0.4) is 0 Å². The van der Waals surface area contributed by atoms with Gasteiger partial charge in [0.25, 0.3) is 5.91 Å². The molecular formula is C18H17F2N3O3. The van der Waals surface area contributed by atoms with Crippen LogP contribution in [0.25, 0.3) is 0 Å². The Morgan fingerprint density at radius 1 is 1.23 bits per heavy atom. The first-order valence-corrected chi connectivity index (χ1v) is 7.77. The lowest BCUT2D eigenvalue weighted by Crippen LogP contribution is -2.41. The maximum atomic E-state index is 13.0. The number of ether oxygens (including phenoxy) is 1. The zero-order valence-corrected chi connectivity index (χ0v) is 13.9. The zero-order chi connectivity index (χ0) is 18.9. The number of aliphatic hydroxyl groups is 1. The highest BCUT2D eigenvalue weighted by molar-refractivity contribution is 6.08. The number of guanidine groups is 1. The van der Waals surface area contributed by atoms with Gasteiger partial charge in [-0.15, -0.1) is 0 Å². The molecule has 0 aromatic heterocycles. The minimum absolute atomic E-state index is 0.0289. The van der Waals surface area contributed by atoms with Crippen LogP contribution in [0.1, 0.15) is 16.7 Å². The molecule has 1 heterocycles. The van der Waals surface area contributed by atoms with Crippen LogP contribution in [0.15, 0.2) is 53.5 Å². The Morgan fingerprint density at radius 2 is 1.92 bits per heavy atom. The number of carbonyl (C=O) groups excluding carboxylic acids is 1. The van der Waals surface area contributed by atoms with Gasteiger partial charge in [0.05, 0.1) is 6.61 Å². The number of halogens is 2. The number of aliphatic hydroxyl groups excluding tert-OH is 1. The summed E-state index contributed by atoms with van der Waals surface area (Å²) in [6.45, 7) is -3.14. The van der Waals surface area contributed by atoms with Crippen molar-refractivity contribution in [2.75, 3.05) is 7.05 Å². The number of hydrogen-bond donors (Lipinski definition) is 2. The highest BCUT2D eigenvalue weighted by Gasteiger charge is 2.49. The van der Waals surface area contributed by atoms with Gasteiger partial charge in [-0.1, -0.05) is 36.4 Å². The van der Waals surface area contributed by atoms with E-state index < -0.39 is 12.2 Å². The van der Waals surface area contributed by atoms with Gasteiger partial charge >= 0.3 is 6.61 Å². The van der Waals surface area contributed by atoms with E-state index in [0.717, 1.165) is 0 Å². The van der Waals surface area contributed by atoms with Gasteiger partial charge in [0.15, 0.2) is 11.5 Å². The average Bonchev–Trinajstić information content (AvgIpc) is 2.87. The second kappa shape index (κ2) is 6.72. The number of nitrogens with two attached hydrogens (primary N) is 1. The minimum atomic E-state index is -2.94. The SMILES string of the molecule is CN1C(=O)C(c2ccc(OC(F)F)cc2)(c2cccc(CO)c2)N=C1N. The van der Waals surface area contributed by atoms with Crippen LogP contribution in [-0.4, -0.2) is 35.5 Å². The molecule has 0 bridgehead atoms. The Kier molecular flexibility index (Phi) is 4.60. The van der Waals surface area contributed by atoms with Crippen LogP contribution in [0.5, 0.6) is 5.75 Å². The molecule has 1 unspecified atom stereocenters. The van der Waals surface area contributed by atoms with Gasteiger partial charge in [0.1, 0.15) is 5.75 Å². The highest BCUT2D eigenvalue weighted by atomic mass is 19.3. The third-order valence-electron chi connectivity index (χ3n) is 4.26. The zero-order valence-electron chi connectivity index (χ0n) is 13.9. The predicted octanol–water partition coefficient (Wildman–Crippen LogP) is 1.81. The van der Waals surface area contributed by atoms with Crippen molar-refractivity contribution in [2.45, 2.75) is 18.8 Å². The summed E-state index contributed by atoms with van der Waals surface area (Å²) < 4.78 is 29.1. The van der Waals surface area contributed by atoms with E-state index in [0.29, 0.717) is 16.7 Å². The summed E-state index contributed by atoms with van der Waals surface area (Å²) in [4.78, 5) is 18.6. The lowest BCUT2D eigenvalue weighted by molar-refractivity contribution is -0.129. The Balaban J connectivity index is 2.15. The van der Waals surface area contributed by atoms with Gasteiger partial charge in [0, 0.05) is 7.05 Å². The second-order valence-electron chi connectivity index (χ2n) is 5.81. The summed E-state index contributed by atoms with van der Waals surface area (Å²) in [7, 11) is 1.51. The normalized spacial score (nSPS) is 19.8. The van der Waals surface area contributed by atoms with Gasteiger partial charge in [-0.2, -0.15) is 8.78 Å². The smallest absolute Gasteiger partial charge is 0.387 e. The van der Waals surface area contributed by atoms with Crippen molar-refractivity contribution in [1.82, 2.24) is 4.90 Å². The van der Waals surface area contributed by atoms with Crippen LogP contribution in [-0.2, 0) is 16.9 Å². The number of rotatable bonds is 5. The Morgan fingerprint density at radius 3 is 2.46 bits per heavy atom. The maximum Gasteiger partial charge on any atom is 0.387 e. The second-order valence-corrected chi connectivity index (χ2v) is 5.81. The maximum absolute atomic E-state index is 13.0. The van der Waals surface area contributed by atoms with Crippen molar-refractivity contribution in [2.24, 2.45) is 10.7 Å². The van der Waals surface area contributed by atoms with Crippen molar-refractivity contribution in [3.63, 3.8) is 0 Å². The van der Waals surface area contributed by atoms with Gasteiger partial charge in [-0.05, 0) is 28.8 Å². The van der Waals surface area contributed by atoms with Crippen molar-refractivity contribution >= 4 is 11.9 Å². The third-order valence-corrected chi connectivity index (χ3v) is 4.26. The van der Waals surface area contributed by atoms with E-state index in [1.54, 1.807) is 24.3 Å². The molecule has 0 fully saturated rings. The number of benzene rings is 2. The van der Waals surface area contributed by atoms with Crippen molar-refractivity contribution in [3.8, 4) is 5.75 Å². The number of likely N-dealkylation sites (N-methyl/N-ethyl adjacent to an activating group) is 1. The molecule has 2 aromatic carbocycles. The predicted molar refractivity (Wildman–Crippen MR) is 90.6 cm³/mol. The molecule has 3 N–H and O–H groups in total. The van der Waals surface area contributed by atoms with E-state index in [4.69, 9.17) is 5.73 Å². The molecule has 1 aliphatic rings. The molecule has 2 aromatic rings. The van der Waals surface area contributed by atoms with Crippen molar-refractivity contribution in [1.29, 1.82) is 0 Å². The molecule has 26 heavy (non-hydrogen) atoms. The highest BCUT2D eigenvalue weighted by Crippen LogP contribution is 2.40. The Hall–Kier alpha value is -3.00. The van der Waals surface area contributed by atoms with E-state index in [2.05, 4.69) is 9.73 Å². The summed E-state index contributed by atoms with van der Waals surface area (Å²) in [6.07, 6.45) is 0. The van der Waals surface area contributed by atoms with Crippen molar-refractivity contribution < 1.29 is 23.4 Å². The van der Waals surface area contributed by atoms with Gasteiger partial charge in [-0.25, -0.2) is 4.99 Å². The van der Waals surface area contributed by atoms with Crippen LogP contribution >= 0.6 is 0 Å². The molecule has 8 heteroatoms. The van der Waals surface area contributed by atoms with Crippen LogP contribution < -0.4 is 10.5 Å². The average molecular weight is 361 g/mol. The molecule has 0 spiro atoms. The molecule has 136 valence electrons. The molecule has 1 atom stereocenters. The Labute approximate surface area is 148 Å². The minimum Gasteiger partial charge on any atom is -0.435 e. The first-order valence-electron chi connectivity index (χ1n) is 7.77. The summed E-state index contributed by atoms with van der Waals surface area (Å²) in [5, 5.41) is 9.41. The topological polar surface area (TPSA) is 88.2 Å². The molecule has 6 nitrogen and oxygen atoms in total. The molecule has 0 radical (unpaired) electrons. The summed E-state index contributed by atoms with van der Waals surface area (Å²) in [5.41, 5.74) is 5.99. The number of carbonyl (C=O) groups is 1. The van der Waals surface area contributed by atoms with Gasteiger partial charge < -0.3 is 15.6 Å². The van der Waals surface area contributed by atoms with E-state index in [9.17, 15) is 18.7 Å². The molecule has 3 rings (SSSR count). The third kappa shape index (κ3) is 2.88. The van der Waals surface area contributed by atoms with Crippen LogP contribution in [0, 0.1) is 0 Å². The number of aliphatic imine (C=N–C) groups is 1. The monoisotopic (exact) mass is 361 g/mol. The fraction of sp³-hybridized carbons (Fsp3) is 0.222. The molecule has 0 saturated heterocycles. The molecule has 0 aliphatic carbocycles. The standard InChI is InChI=1S/C18H17F2N3O3/c1-23-15(25)18(22-17(23)21,13-4-2-3-11(9-13)10-24)12-5-7-14(8-6-12)26-16(19)20/h2-9,16,24H,10H2,1H3,(H2,21,22). The molecule has 1 amide bonds. The number of alkyl halides is 2. The molecule has 0 saturated carbocycles. The van der Waals surface area contributed by atoms with E-state index in [1.165, 1.54) is 36.2 Å². The lowest BCUT2D eigenvalue weighted by Gasteiger charge is -2.26. The number of hydrogen-bond acceptors (Lipinski definition) is 5. The fourth-order valence-electron chi connectivity index (χ4n) is 2.96. The quantitative estimate of drug-likeness (QED) is 0.850. The summed E-state index contributed by atoms with van der Waals surface area (Å²) in [5.74, 6) is -0.372. The van der Waals surface area contributed by atoms with E-state index in [1.807, 2.05) is 0 Å².